The van der Waals surface area contributed by atoms with Crippen LogP contribution in [0.2, 0.25) is 5.02 Å². The van der Waals surface area contributed by atoms with Gasteiger partial charge in [-0.1, -0.05) is 29.8 Å². The molecule has 0 amide bonds. The topological polar surface area (TPSA) is 85.1 Å². The van der Waals surface area contributed by atoms with Crippen molar-refractivity contribution < 1.29 is 9.72 Å². The number of hydrogen-bond acceptors (Lipinski definition) is 5. The van der Waals surface area contributed by atoms with E-state index in [9.17, 15) is 14.9 Å². The zero-order valence-electron chi connectivity index (χ0n) is 16.2. The minimum absolute atomic E-state index is 0.0177. The van der Waals surface area contributed by atoms with Crippen LogP contribution in [0.5, 0.6) is 0 Å². The first-order chi connectivity index (χ1) is 15.0. The van der Waals surface area contributed by atoms with Crippen molar-refractivity contribution in [1.82, 2.24) is 4.98 Å². The summed E-state index contributed by atoms with van der Waals surface area (Å²) in [6, 6.07) is 20.6. The summed E-state index contributed by atoms with van der Waals surface area (Å²) >= 11 is 6.04. The second-order valence-electron chi connectivity index (χ2n) is 6.77. The maximum atomic E-state index is 12.5. The normalized spacial score (nSPS) is 11.0. The van der Waals surface area contributed by atoms with Crippen molar-refractivity contribution in [2.75, 3.05) is 5.32 Å². The highest BCUT2D eigenvalue weighted by atomic mass is 35.5. The monoisotopic (exact) mass is 429 g/mol. The molecule has 0 atom stereocenters. The minimum atomic E-state index is -0.467. The van der Waals surface area contributed by atoms with Crippen LogP contribution >= 0.6 is 11.6 Å². The highest BCUT2D eigenvalue weighted by molar-refractivity contribution is 6.31. The van der Waals surface area contributed by atoms with Crippen LogP contribution in [-0.2, 0) is 0 Å². The average molecular weight is 430 g/mol. The highest BCUT2D eigenvalue weighted by Crippen LogP contribution is 2.27. The second kappa shape index (κ2) is 8.77. The molecule has 7 heteroatoms. The Morgan fingerprint density at radius 1 is 1.03 bits per heavy atom. The Morgan fingerprint density at radius 3 is 2.61 bits per heavy atom. The van der Waals surface area contributed by atoms with Crippen LogP contribution in [0.3, 0.4) is 0 Å². The summed E-state index contributed by atoms with van der Waals surface area (Å²) in [4.78, 5) is 27.2. The molecular weight excluding hydrogens is 414 g/mol. The largest absolute Gasteiger partial charge is 0.355 e. The van der Waals surface area contributed by atoms with Gasteiger partial charge in [-0.3, -0.25) is 19.9 Å². The highest BCUT2D eigenvalue weighted by Gasteiger charge is 2.07. The Bertz CT molecular complexity index is 1320. The maximum Gasteiger partial charge on any atom is 0.270 e. The van der Waals surface area contributed by atoms with Crippen LogP contribution in [-0.4, -0.2) is 15.7 Å². The van der Waals surface area contributed by atoms with Crippen LogP contribution in [0.4, 0.5) is 17.1 Å². The standard InChI is InChI=1S/C24H16ClN3O3/c25-18-7-10-21-22(12-13-26-23(21)15-18)27-19-8-5-17(6-9-19)24(29)11-4-16-2-1-3-20(14-16)28(30)31/h1-15H,(H,26,27)/b11-4+. The summed E-state index contributed by atoms with van der Waals surface area (Å²) in [7, 11) is 0. The van der Waals surface area contributed by atoms with Crippen molar-refractivity contribution in [3.63, 3.8) is 0 Å². The van der Waals surface area contributed by atoms with E-state index in [1.165, 1.54) is 18.2 Å². The van der Waals surface area contributed by atoms with Crippen molar-refractivity contribution in [2.45, 2.75) is 0 Å². The van der Waals surface area contributed by atoms with Gasteiger partial charge in [0.1, 0.15) is 0 Å². The number of ketones is 1. The molecule has 0 unspecified atom stereocenters. The van der Waals surface area contributed by atoms with Crippen LogP contribution in [0.15, 0.2) is 85.1 Å². The number of nitro groups is 1. The first-order valence-electron chi connectivity index (χ1n) is 9.38. The van der Waals surface area contributed by atoms with Gasteiger partial charge >= 0.3 is 0 Å². The number of pyridine rings is 1. The number of aromatic nitrogens is 1. The van der Waals surface area contributed by atoms with E-state index >= 15 is 0 Å². The number of hydrogen-bond donors (Lipinski definition) is 1. The first kappa shape index (κ1) is 20.3. The Morgan fingerprint density at radius 2 is 1.84 bits per heavy atom. The number of non-ortho nitro benzene ring substituents is 1. The zero-order chi connectivity index (χ0) is 21.8. The number of nitrogens with zero attached hydrogens (tertiary/aromatic N) is 2. The van der Waals surface area contributed by atoms with Crippen LogP contribution in [0.25, 0.3) is 17.0 Å². The summed E-state index contributed by atoms with van der Waals surface area (Å²) in [6.07, 6.45) is 4.68. The van der Waals surface area contributed by atoms with E-state index in [-0.39, 0.29) is 11.5 Å². The molecule has 1 aromatic heterocycles. The van der Waals surface area contributed by atoms with Gasteiger partial charge in [0.2, 0.25) is 0 Å². The lowest BCUT2D eigenvalue weighted by atomic mass is 10.1. The lowest BCUT2D eigenvalue weighted by Gasteiger charge is -2.10. The van der Waals surface area contributed by atoms with E-state index in [0.29, 0.717) is 16.1 Å². The molecule has 0 saturated heterocycles. The molecule has 6 nitrogen and oxygen atoms in total. The van der Waals surface area contributed by atoms with Crippen molar-refractivity contribution in [1.29, 1.82) is 0 Å². The molecule has 0 radical (unpaired) electrons. The molecule has 0 bridgehead atoms. The SMILES string of the molecule is O=C(/C=C/c1cccc([N+](=O)[O-])c1)c1ccc(Nc2ccnc3cc(Cl)ccc23)cc1. The van der Waals surface area contributed by atoms with Gasteiger partial charge in [0.05, 0.1) is 10.4 Å². The Hall–Kier alpha value is -4.03. The van der Waals surface area contributed by atoms with E-state index in [1.807, 2.05) is 30.3 Å². The molecule has 3 aromatic carbocycles. The third-order valence-corrected chi connectivity index (χ3v) is 4.90. The molecule has 0 aliphatic carbocycles. The van der Waals surface area contributed by atoms with E-state index in [2.05, 4.69) is 10.3 Å². The molecule has 1 N–H and O–H groups in total. The summed E-state index contributed by atoms with van der Waals surface area (Å²) in [5, 5.41) is 15.8. The average Bonchev–Trinajstić information content (AvgIpc) is 2.78. The summed E-state index contributed by atoms with van der Waals surface area (Å²) < 4.78 is 0. The molecule has 0 aliphatic rings. The van der Waals surface area contributed by atoms with Gasteiger partial charge in [0.25, 0.3) is 5.69 Å². The third-order valence-electron chi connectivity index (χ3n) is 4.66. The first-order valence-corrected chi connectivity index (χ1v) is 9.76. The van der Waals surface area contributed by atoms with Crippen molar-refractivity contribution in [2.24, 2.45) is 0 Å². The van der Waals surface area contributed by atoms with Gasteiger partial charge in [-0.25, -0.2) is 0 Å². The van der Waals surface area contributed by atoms with Gasteiger partial charge in [-0.15, -0.1) is 0 Å². The summed E-state index contributed by atoms with van der Waals surface area (Å²) in [6.45, 7) is 0. The molecule has 0 spiro atoms. The van der Waals surface area contributed by atoms with Crippen LogP contribution in [0.1, 0.15) is 15.9 Å². The molecule has 4 aromatic rings. The lowest BCUT2D eigenvalue weighted by Crippen LogP contribution is -1.96. The number of allylic oxidation sites excluding steroid dienone is 1. The number of halogens is 1. The molecule has 0 saturated carbocycles. The molecule has 31 heavy (non-hydrogen) atoms. The van der Waals surface area contributed by atoms with E-state index < -0.39 is 4.92 Å². The number of benzene rings is 3. The minimum Gasteiger partial charge on any atom is -0.355 e. The Balaban J connectivity index is 1.49. The molecule has 4 rings (SSSR count). The third kappa shape index (κ3) is 4.76. The number of nitro benzene ring substituents is 1. The number of carbonyl (C=O) groups is 1. The van der Waals surface area contributed by atoms with Gasteiger partial charge < -0.3 is 5.32 Å². The zero-order valence-corrected chi connectivity index (χ0v) is 16.9. The van der Waals surface area contributed by atoms with Crippen molar-refractivity contribution in [3.05, 3.63) is 111 Å². The van der Waals surface area contributed by atoms with Crippen molar-refractivity contribution >= 4 is 51.4 Å². The number of nitrogens with one attached hydrogen (secondary N) is 1. The summed E-state index contributed by atoms with van der Waals surface area (Å²) in [5.74, 6) is -0.193. The van der Waals surface area contributed by atoms with Crippen molar-refractivity contribution in [3.8, 4) is 0 Å². The number of anilines is 2. The van der Waals surface area contributed by atoms with E-state index in [0.717, 1.165) is 22.3 Å². The molecular formula is C24H16ClN3O3. The van der Waals surface area contributed by atoms with Gasteiger partial charge in [0, 0.05) is 45.7 Å². The van der Waals surface area contributed by atoms with Crippen LogP contribution in [0, 0.1) is 10.1 Å². The molecule has 0 fully saturated rings. The fourth-order valence-corrected chi connectivity index (χ4v) is 3.28. The molecule has 0 aliphatic heterocycles. The van der Waals surface area contributed by atoms with E-state index in [4.69, 9.17) is 11.6 Å². The number of carbonyl (C=O) groups excluding carboxylic acids is 1. The Kier molecular flexibility index (Phi) is 5.73. The lowest BCUT2D eigenvalue weighted by molar-refractivity contribution is -0.384. The summed E-state index contributed by atoms with van der Waals surface area (Å²) in [5.41, 5.74) is 3.57. The molecule has 152 valence electrons. The van der Waals surface area contributed by atoms with Crippen LogP contribution < -0.4 is 5.32 Å². The van der Waals surface area contributed by atoms with E-state index in [1.54, 1.807) is 42.6 Å². The predicted molar refractivity (Wildman–Crippen MR) is 123 cm³/mol. The predicted octanol–water partition coefficient (Wildman–Crippen LogP) is 6.44. The fraction of sp³-hybridized carbons (Fsp3) is 0. The smallest absolute Gasteiger partial charge is 0.270 e. The molecule has 1 heterocycles. The number of rotatable bonds is 6. The van der Waals surface area contributed by atoms with Gasteiger partial charge in [0.15, 0.2) is 5.78 Å². The van der Waals surface area contributed by atoms with Gasteiger partial charge in [-0.05, 0) is 60.2 Å². The van der Waals surface area contributed by atoms with Gasteiger partial charge in [-0.2, -0.15) is 0 Å². The quantitative estimate of drug-likeness (QED) is 0.165. The second-order valence-corrected chi connectivity index (χ2v) is 7.21. The Labute approximate surface area is 183 Å². The maximum absolute atomic E-state index is 12.5. The fourth-order valence-electron chi connectivity index (χ4n) is 3.11. The number of fused-ring (bicyclic) bond motifs is 1.